The Bertz CT molecular complexity index is 8350. The van der Waals surface area contributed by atoms with Gasteiger partial charge in [-0.15, -0.1) is 0 Å². The van der Waals surface area contributed by atoms with Gasteiger partial charge in [-0.25, -0.2) is 19.8 Å². The van der Waals surface area contributed by atoms with E-state index < -0.39 is 244 Å². The monoisotopic (exact) mass is 1270 g/mol. The molecule has 0 N–H and O–H groups in total. The normalized spacial score (nSPS) is 16.7. The zero-order chi connectivity index (χ0) is 93.8. The summed E-state index contributed by atoms with van der Waals surface area (Å²) in [5.41, 5.74) is -5.33. The standard InChI is InChI=1S/C89H54N6O2/c1-54-33-35-58(36-34-54)65-40-48-79-69(50-65)67-42-46-77-82(86(67)97-79)71-52-63(56-23-11-4-12-24-56)38-44-75(71)95(77)84-80(59-27-15-6-16-28-59)73(90-2)53-72(89-92-87(60-29-17-7-18-30-60)91-88(93-89)61-31-19-8-20-32-61)83(84)94-74-43-37-62(55-21-9-3-10-22-55)51-70(74)81-76(94)45-41-66-68-49-64(57-25-13-5-14-26-57)39-47-78(68)96-85(66)81/h3-53H,1H3/i3D,4D,5D,6D,7D,8D,9D,10D,11D,12D,13D,14D,15D,16D,17D,18D,19D,20D,21D,22D,23D,24D,25D,26D,27D,28D,29D,30D,31D,32D,33D,34D,35D,36D. The van der Waals surface area contributed by atoms with Crippen molar-refractivity contribution < 1.29 is 55.4 Å². The lowest BCUT2D eigenvalue weighted by atomic mass is 9.95. The summed E-state index contributed by atoms with van der Waals surface area (Å²) in [5.74, 6) is -2.44. The second-order valence-electron chi connectivity index (χ2n) is 22.4. The van der Waals surface area contributed by atoms with Crippen LogP contribution in [0.4, 0.5) is 5.69 Å². The SMILES string of the molecule is [2H]c1c([2H])c([2H])c(-c2ccc3oc4c(ccc5c4c4cc(-c6c([2H])c([2H])c([2H])c([2H])c6[2H])ccc4n5-c4c(-c5nc(-c6c([2H])c([2H])c([2H])c([2H])c6[2H])nc(-c6c([2H])c([2H])c([2H])c([2H])c6[2H])n5)cc([N+]#[C-])c(-c5c([2H])c([2H])c([2H])c([2H])c5[2H])c4-n4c5ccc(-c6c([2H])c([2H])c([2H])c([2H])c6[2H])cc5c5c6oc7ccc(-c8c([2H])c([2H])c(C)c([2H])c8[2H])cc7c6ccc54)c3c2)c([2H])c1[2H]. The van der Waals surface area contributed by atoms with Gasteiger partial charge in [-0.2, -0.15) is 0 Å². The molecule has 0 aliphatic carbocycles. The van der Waals surface area contributed by atoms with Crippen molar-refractivity contribution in [2.45, 2.75) is 6.92 Å². The predicted molar refractivity (Wildman–Crippen MR) is 398 cm³/mol. The zero-order valence-corrected chi connectivity index (χ0v) is 49.8. The molecule has 5 heterocycles. The second-order valence-corrected chi connectivity index (χ2v) is 22.4. The third kappa shape index (κ3) is 9.02. The Labute approximate surface area is 605 Å². The van der Waals surface area contributed by atoms with E-state index in [0.29, 0.717) is 5.39 Å². The second kappa shape index (κ2) is 22.2. The van der Waals surface area contributed by atoms with Crippen molar-refractivity contribution in [3.63, 3.8) is 0 Å². The van der Waals surface area contributed by atoms with Crippen molar-refractivity contribution in [1.82, 2.24) is 24.1 Å². The largest absolute Gasteiger partial charge is 0.455 e. The molecule has 0 aliphatic heterocycles. The highest BCUT2D eigenvalue weighted by atomic mass is 16.3. The van der Waals surface area contributed by atoms with Crippen molar-refractivity contribution in [2.24, 2.45) is 0 Å². The van der Waals surface area contributed by atoms with Crippen LogP contribution in [-0.4, -0.2) is 24.1 Å². The molecule has 8 heteroatoms. The summed E-state index contributed by atoms with van der Waals surface area (Å²) in [6, 6.07) is -0.582. The van der Waals surface area contributed by atoms with Crippen molar-refractivity contribution in [3.05, 3.63) is 326 Å². The van der Waals surface area contributed by atoms with Crippen LogP contribution in [0.15, 0.2) is 317 Å². The lowest BCUT2D eigenvalue weighted by Gasteiger charge is -2.25. The maximum absolute atomic E-state index is 10.2. The fraction of sp³-hybridized carbons (Fsp3) is 0.0112. The molecular formula is C89H54N6O2. The molecule has 0 unspecified atom stereocenters. The summed E-state index contributed by atoms with van der Waals surface area (Å²) in [6.07, 6.45) is 0. The Kier molecular flexibility index (Phi) is 7.14. The Morgan fingerprint density at radius 1 is 0.330 bits per heavy atom. The van der Waals surface area contributed by atoms with Gasteiger partial charge in [0.05, 0.1) is 97.4 Å². The van der Waals surface area contributed by atoms with Crippen LogP contribution in [0.5, 0.6) is 0 Å². The van der Waals surface area contributed by atoms with Gasteiger partial charge in [0.1, 0.15) is 22.3 Å². The minimum Gasteiger partial charge on any atom is -0.455 e. The molecule has 0 radical (unpaired) electrons. The fourth-order valence-electron chi connectivity index (χ4n) is 12.9. The lowest BCUT2D eigenvalue weighted by Crippen LogP contribution is -2.10. The molecule has 0 fully saturated rings. The molecule has 0 bridgehead atoms. The summed E-state index contributed by atoms with van der Waals surface area (Å²) < 4.78 is 328. The van der Waals surface area contributed by atoms with E-state index in [1.165, 1.54) is 82.8 Å². The van der Waals surface area contributed by atoms with Crippen LogP contribution in [0, 0.1) is 13.5 Å². The number of rotatable bonds is 10. The van der Waals surface area contributed by atoms with E-state index in [9.17, 15) is 25.8 Å². The molecule has 19 aromatic rings. The zero-order valence-electron chi connectivity index (χ0n) is 83.8. The maximum Gasteiger partial charge on any atom is 0.197 e. The maximum atomic E-state index is 10.2. The average molecular weight is 1270 g/mol. The number of benzene rings is 14. The molecule has 0 aliphatic rings. The van der Waals surface area contributed by atoms with Crippen molar-refractivity contribution in [2.75, 3.05) is 0 Å². The summed E-state index contributed by atoms with van der Waals surface area (Å²) >= 11 is 0. The lowest BCUT2D eigenvalue weighted by molar-refractivity contribution is 0.672. The number of furan rings is 2. The third-order valence-electron chi connectivity index (χ3n) is 17.0. The number of hydrogen-bond acceptors (Lipinski definition) is 5. The predicted octanol–water partition coefficient (Wildman–Crippen LogP) is 24.1. The molecule has 97 heavy (non-hydrogen) atoms. The first-order valence-electron chi connectivity index (χ1n) is 46.8. The van der Waals surface area contributed by atoms with Crippen molar-refractivity contribution in [3.8, 4) is 101 Å². The summed E-state index contributed by atoms with van der Waals surface area (Å²) in [7, 11) is 0. The summed E-state index contributed by atoms with van der Waals surface area (Å²) in [6.45, 7) is 11.1. The van der Waals surface area contributed by atoms with Gasteiger partial charge < -0.3 is 18.0 Å². The molecule has 8 nitrogen and oxygen atoms in total. The Hall–Kier alpha value is -13.2. The molecule has 0 atom stereocenters. The minimum absolute atomic E-state index is 0.0180. The molecule has 19 rings (SSSR count). The first-order chi connectivity index (χ1) is 62.1. The molecule has 0 saturated heterocycles. The Morgan fingerprint density at radius 3 is 1.12 bits per heavy atom. The van der Waals surface area contributed by atoms with E-state index in [-0.39, 0.29) is 156 Å². The van der Waals surface area contributed by atoms with E-state index in [0.717, 1.165) is 6.07 Å². The highest BCUT2D eigenvalue weighted by molar-refractivity contribution is 6.27. The van der Waals surface area contributed by atoms with E-state index in [4.69, 9.17) is 46.2 Å². The first-order valence-corrected chi connectivity index (χ1v) is 29.8. The number of aromatic nitrogens is 5. The fourth-order valence-corrected chi connectivity index (χ4v) is 12.9. The number of hydrogen-bond donors (Lipinski definition) is 0. The van der Waals surface area contributed by atoms with Gasteiger partial charge in [0.2, 0.25) is 0 Å². The molecule has 0 amide bonds. The average Bonchev–Trinajstić information content (AvgIpc) is 1.54. The first kappa shape index (κ1) is 31.1. The van der Waals surface area contributed by atoms with Crippen molar-refractivity contribution in [1.29, 1.82) is 0 Å². The topological polar surface area (TPSA) is 79.2 Å². The number of nitrogens with zero attached hydrogens (tertiary/aromatic N) is 6. The smallest absolute Gasteiger partial charge is 0.197 e. The molecule has 0 spiro atoms. The van der Waals surface area contributed by atoms with Crippen LogP contribution < -0.4 is 0 Å². The molecule has 5 aromatic heterocycles. The van der Waals surface area contributed by atoms with E-state index >= 15 is 0 Å². The van der Waals surface area contributed by atoms with Gasteiger partial charge in [0.15, 0.2) is 23.2 Å². The molecular weight excluding hydrogens is 1190 g/mol. The van der Waals surface area contributed by atoms with E-state index in [1.807, 2.05) is 0 Å². The highest BCUT2D eigenvalue weighted by Gasteiger charge is 2.32. The summed E-state index contributed by atoms with van der Waals surface area (Å²) in [4.78, 5) is 18.7. The van der Waals surface area contributed by atoms with Gasteiger partial charge >= 0.3 is 0 Å². The van der Waals surface area contributed by atoms with Crippen LogP contribution in [-0.2, 0) is 0 Å². The van der Waals surface area contributed by atoms with Crippen LogP contribution in [0.2, 0.25) is 0 Å². The van der Waals surface area contributed by atoms with Crippen LogP contribution in [0.25, 0.3) is 194 Å². The van der Waals surface area contributed by atoms with Gasteiger partial charge in [0.25, 0.3) is 0 Å². The van der Waals surface area contributed by atoms with E-state index in [1.54, 1.807) is 30.3 Å². The van der Waals surface area contributed by atoms with Gasteiger partial charge in [0, 0.05) is 54.6 Å². The molecule has 0 saturated carbocycles. The van der Waals surface area contributed by atoms with Crippen LogP contribution >= 0.6 is 0 Å². The third-order valence-corrected chi connectivity index (χ3v) is 17.0. The van der Waals surface area contributed by atoms with Gasteiger partial charge in [-0.1, -0.05) is 235 Å². The van der Waals surface area contributed by atoms with Crippen molar-refractivity contribution >= 4 is 93.2 Å². The summed E-state index contributed by atoms with van der Waals surface area (Å²) in [5, 5.41) is 1.25. The number of fused-ring (bicyclic) bond motifs is 14. The molecule has 452 valence electrons. The Morgan fingerprint density at radius 2 is 0.691 bits per heavy atom. The Balaban J connectivity index is 1.08. The quantitative estimate of drug-likeness (QED) is 0.128. The highest BCUT2D eigenvalue weighted by Crippen LogP contribution is 2.53. The van der Waals surface area contributed by atoms with Crippen LogP contribution in [0.3, 0.4) is 0 Å². The minimum atomic E-state index is -0.955. The van der Waals surface area contributed by atoms with E-state index in [2.05, 4.69) is 9.83 Å². The van der Waals surface area contributed by atoms with Gasteiger partial charge in [-0.05, 0) is 136 Å². The van der Waals surface area contributed by atoms with Crippen LogP contribution in [0.1, 0.15) is 52.2 Å². The van der Waals surface area contributed by atoms with Gasteiger partial charge in [-0.3, -0.25) is 0 Å². The molecule has 14 aromatic carbocycles.